The van der Waals surface area contributed by atoms with Crippen molar-refractivity contribution < 1.29 is 8.42 Å². The van der Waals surface area contributed by atoms with Crippen LogP contribution in [0.2, 0.25) is 0 Å². The summed E-state index contributed by atoms with van der Waals surface area (Å²) in [4.78, 5) is 0. The molecule has 2 N–H and O–H groups in total. The van der Waals surface area contributed by atoms with Gasteiger partial charge in [0.25, 0.3) is 0 Å². The molecule has 0 aliphatic heterocycles. The molecule has 0 aliphatic carbocycles. The zero-order valence-corrected chi connectivity index (χ0v) is 12.3. The van der Waals surface area contributed by atoms with Gasteiger partial charge in [-0.25, -0.2) is 8.42 Å². The Hall–Kier alpha value is -0.870. The van der Waals surface area contributed by atoms with Crippen LogP contribution in [0.1, 0.15) is 36.5 Å². The molecule has 18 heavy (non-hydrogen) atoms. The lowest BCUT2D eigenvalue weighted by Gasteiger charge is -2.11. The fraction of sp³-hybridized carbons (Fsp3) is 0.571. The Labute approximate surface area is 110 Å². The minimum absolute atomic E-state index is 0.0772. The molecule has 4 heteroatoms. The van der Waals surface area contributed by atoms with Gasteiger partial charge in [-0.2, -0.15) is 0 Å². The number of hydrogen-bond donors (Lipinski definition) is 1. The summed E-state index contributed by atoms with van der Waals surface area (Å²) in [6.07, 6.45) is 1.67. The van der Waals surface area contributed by atoms with Gasteiger partial charge in [-0.3, -0.25) is 0 Å². The van der Waals surface area contributed by atoms with Crippen molar-refractivity contribution in [3.63, 3.8) is 0 Å². The molecule has 0 radical (unpaired) electrons. The van der Waals surface area contributed by atoms with Crippen LogP contribution in [0, 0.1) is 13.8 Å². The maximum atomic E-state index is 12.0. The number of sulfone groups is 1. The van der Waals surface area contributed by atoms with E-state index in [9.17, 15) is 8.42 Å². The maximum Gasteiger partial charge on any atom is 0.155 e. The molecule has 0 bridgehead atoms. The van der Waals surface area contributed by atoms with Gasteiger partial charge in [0.2, 0.25) is 0 Å². The lowest BCUT2D eigenvalue weighted by Crippen LogP contribution is -2.30. The molecule has 1 aromatic rings. The second-order valence-corrected chi connectivity index (χ2v) is 7.21. The molecule has 0 fully saturated rings. The van der Waals surface area contributed by atoms with E-state index in [1.54, 1.807) is 0 Å². The summed E-state index contributed by atoms with van der Waals surface area (Å²) in [5.74, 6) is 0.167. The van der Waals surface area contributed by atoms with Gasteiger partial charge in [-0.05, 0) is 25.8 Å². The zero-order chi connectivity index (χ0) is 13.8. The molecule has 1 atom stereocenters. The molecule has 0 heterocycles. The maximum absolute atomic E-state index is 12.0. The smallest absolute Gasteiger partial charge is 0.155 e. The highest BCUT2D eigenvalue weighted by Gasteiger charge is 2.16. The van der Waals surface area contributed by atoms with Gasteiger partial charge in [0.05, 0.1) is 11.5 Å². The minimum Gasteiger partial charge on any atom is -0.327 e. The first-order chi connectivity index (χ1) is 8.32. The normalized spacial score (nSPS) is 13.6. The molecular weight excluding hydrogens is 246 g/mol. The largest absolute Gasteiger partial charge is 0.327 e. The van der Waals surface area contributed by atoms with Crippen LogP contribution in [-0.2, 0) is 15.6 Å². The van der Waals surface area contributed by atoms with Gasteiger partial charge >= 0.3 is 0 Å². The first kappa shape index (κ1) is 15.2. The van der Waals surface area contributed by atoms with Crippen molar-refractivity contribution in [2.24, 2.45) is 5.73 Å². The highest BCUT2D eigenvalue weighted by molar-refractivity contribution is 7.90. The van der Waals surface area contributed by atoms with Crippen molar-refractivity contribution in [3.05, 3.63) is 34.9 Å². The van der Waals surface area contributed by atoms with E-state index in [1.165, 1.54) is 0 Å². The molecule has 1 unspecified atom stereocenters. The molecule has 0 spiro atoms. The molecule has 102 valence electrons. The summed E-state index contributed by atoms with van der Waals surface area (Å²) in [6, 6.07) is 5.65. The lowest BCUT2D eigenvalue weighted by atomic mass is 10.1. The van der Waals surface area contributed by atoms with Crippen molar-refractivity contribution >= 4 is 9.84 Å². The number of hydrogen-bond acceptors (Lipinski definition) is 3. The van der Waals surface area contributed by atoms with Crippen LogP contribution in [0.4, 0.5) is 0 Å². The predicted octanol–water partition coefficient (Wildman–Crippen LogP) is 2.35. The molecule has 0 aromatic heterocycles. The van der Waals surface area contributed by atoms with Gasteiger partial charge < -0.3 is 5.73 Å². The number of rotatable bonds is 6. The highest BCUT2D eigenvalue weighted by Crippen LogP contribution is 2.13. The Kier molecular flexibility index (Phi) is 5.35. The summed E-state index contributed by atoms with van der Waals surface area (Å²) in [5, 5.41) is 0. The van der Waals surface area contributed by atoms with Crippen LogP contribution in [-0.4, -0.2) is 20.2 Å². The van der Waals surface area contributed by atoms with E-state index in [2.05, 4.69) is 0 Å². The summed E-state index contributed by atoms with van der Waals surface area (Å²) in [5.41, 5.74) is 8.85. The SMILES string of the molecule is CCCC(N)CS(=O)(=O)Cc1cc(C)cc(C)c1. The molecular formula is C14H23NO2S. The molecule has 0 saturated heterocycles. The van der Waals surface area contributed by atoms with Crippen LogP contribution < -0.4 is 5.73 Å². The lowest BCUT2D eigenvalue weighted by molar-refractivity contribution is 0.576. The van der Waals surface area contributed by atoms with E-state index < -0.39 is 9.84 Å². The van der Waals surface area contributed by atoms with Gasteiger partial charge in [0.15, 0.2) is 9.84 Å². The third-order valence-corrected chi connectivity index (χ3v) is 4.50. The quantitative estimate of drug-likeness (QED) is 0.862. The molecule has 1 rings (SSSR count). The molecule has 0 aliphatic rings. The Morgan fingerprint density at radius 1 is 1.17 bits per heavy atom. The highest BCUT2D eigenvalue weighted by atomic mass is 32.2. The van der Waals surface area contributed by atoms with E-state index in [0.29, 0.717) is 0 Å². The van der Waals surface area contributed by atoms with Gasteiger partial charge in [0, 0.05) is 6.04 Å². The first-order valence-electron chi connectivity index (χ1n) is 6.35. The van der Waals surface area contributed by atoms with Crippen molar-refractivity contribution in [2.45, 2.75) is 45.4 Å². The van der Waals surface area contributed by atoms with Crippen LogP contribution >= 0.6 is 0 Å². The van der Waals surface area contributed by atoms with Crippen molar-refractivity contribution in [1.29, 1.82) is 0 Å². The van der Waals surface area contributed by atoms with E-state index in [0.717, 1.165) is 29.5 Å². The summed E-state index contributed by atoms with van der Waals surface area (Å²) < 4.78 is 24.1. The average Bonchev–Trinajstić information content (AvgIpc) is 2.13. The Morgan fingerprint density at radius 3 is 2.22 bits per heavy atom. The van der Waals surface area contributed by atoms with Crippen molar-refractivity contribution in [3.8, 4) is 0 Å². The van der Waals surface area contributed by atoms with E-state index in [-0.39, 0.29) is 17.5 Å². The topological polar surface area (TPSA) is 60.2 Å². The Morgan fingerprint density at radius 2 is 1.72 bits per heavy atom. The Balaban J connectivity index is 2.76. The summed E-state index contributed by atoms with van der Waals surface area (Å²) in [7, 11) is -3.11. The third-order valence-electron chi connectivity index (χ3n) is 2.80. The van der Waals surface area contributed by atoms with Crippen LogP contribution in [0.5, 0.6) is 0 Å². The van der Waals surface area contributed by atoms with Crippen LogP contribution in [0.15, 0.2) is 18.2 Å². The van der Waals surface area contributed by atoms with Crippen LogP contribution in [0.25, 0.3) is 0 Å². The molecule has 3 nitrogen and oxygen atoms in total. The van der Waals surface area contributed by atoms with E-state index in [4.69, 9.17) is 5.73 Å². The third kappa shape index (κ3) is 5.19. The first-order valence-corrected chi connectivity index (χ1v) is 8.17. The number of nitrogens with two attached hydrogens (primary N) is 1. The second-order valence-electron chi connectivity index (χ2n) is 5.10. The monoisotopic (exact) mass is 269 g/mol. The van der Waals surface area contributed by atoms with Crippen LogP contribution in [0.3, 0.4) is 0 Å². The predicted molar refractivity (Wildman–Crippen MR) is 76.3 cm³/mol. The Bertz CT molecular complexity index is 474. The second kappa shape index (κ2) is 6.34. The summed E-state index contributed by atoms with van der Waals surface area (Å²) in [6.45, 7) is 5.97. The van der Waals surface area contributed by atoms with E-state index in [1.807, 2.05) is 39.0 Å². The van der Waals surface area contributed by atoms with Gasteiger partial charge in [-0.15, -0.1) is 0 Å². The minimum atomic E-state index is -3.11. The van der Waals surface area contributed by atoms with E-state index >= 15 is 0 Å². The standard InChI is InChI=1S/C14H23NO2S/c1-4-5-14(15)10-18(16,17)9-13-7-11(2)6-12(3)8-13/h6-8,14H,4-5,9-10,15H2,1-3H3. The van der Waals surface area contributed by atoms with Gasteiger partial charge in [-0.1, -0.05) is 42.7 Å². The average molecular weight is 269 g/mol. The molecule has 1 aromatic carbocycles. The number of aryl methyl sites for hydroxylation is 2. The van der Waals surface area contributed by atoms with Crippen molar-refractivity contribution in [2.75, 3.05) is 5.75 Å². The fourth-order valence-corrected chi connectivity index (χ4v) is 3.86. The summed E-state index contributed by atoms with van der Waals surface area (Å²) >= 11 is 0. The van der Waals surface area contributed by atoms with Crippen molar-refractivity contribution in [1.82, 2.24) is 0 Å². The molecule has 0 amide bonds. The van der Waals surface area contributed by atoms with Gasteiger partial charge in [0.1, 0.15) is 0 Å². The molecule has 0 saturated carbocycles. The number of benzene rings is 1. The fourth-order valence-electron chi connectivity index (χ4n) is 2.25. The zero-order valence-electron chi connectivity index (χ0n) is 11.4.